The zero-order valence-corrected chi connectivity index (χ0v) is 13.0. The largest absolute Gasteiger partial charge is 0.394 e. The van der Waals surface area contributed by atoms with E-state index in [1.54, 1.807) is 11.3 Å². The number of aliphatic hydroxyl groups is 2. The molecule has 0 bridgehead atoms. The summed E-state index contributed by atoms with van der Waals surface area (Å²) in [6, 6.07) is 0. The average Bonchev–Trinajstić information content (AvgIpc) is 2.73. The quantitative estimate of drug-likeness (QED) is 0.469. The monoisotopic (exact) mass is 314 g/mol. The standard InChI is InChI=1S/C12H18N4O2S2/c1-6-7(2)20-12-10(6)11(16-13)14-9(15-12)5-19-4-8(18)3-17/h8,17-18H,3-5,13H2,1-2H3,(H,14,15,16). The van der Waals surface area contributed by atoms with E-state index in [1.807, 2.05) is 13.8 Å². The maximum atomic E-state index is 9.31. The molecule has 0 radical (unpaired) electrons. The van der Waals surface area contributed by atoms with Crippen molar-refractivity contribution in [2.75, 3.05) is 17.8 Å². The van der Waals surface area contributed by atoms with Crippen molar-refractivity contribution < 1.29 is 10.2 Å². The van der Waals surface area contributed by atoms with Gasteiger partial charge in [0.25, 0.3) is 0 Å². The van der Waals surface area contributed by atoms with Crippen molar-refractivity contribution in [3.8, 4) is 0 Å². The number of nitrogens with one attached hydrogen (secondary N) is 1. The van der Waals surface area contributed by atoms with Crippen LogP contribution in [0.1, 0.15) is 16.3 Å². The van der Waals surface area contributed by atoms with Gasteiger partial charge in [-0.2, -0.15) is 11.8 Å². The van der Waals surface area contributed by atoms with Gasteiger partial charge in [-0.05, 0) is 19.4 Å². The van der Waals surface area contributed by atoms with Crippen LogP contribution in [-0.2, 0) is 5.75 Å². The summed E-state index contributed by atoms with van der Waals surface area (Å²) < 4.78 is 0. The summed E-state index contributed by atoms with van der Waals surface area (Å²) in [5.74, 6) is 7.87. The van der Waals surface area contributed by atoms with Gasteiger partial charge >= 0.3 is 0 Å². The summed E-state index contributed by atoms with van der Waals surface area (Å²) in [5, 5.41) is 19.0. The third kappa shape index (κ3) is 3.21. The number of nitrogen functional groups attached to an aromatic ring is 1. The second-order valence-electron chi connectivity index (χ2n) is 4.45. The number of rotatable bonds is 6. The number of hydrogen-bond acceptors (Lipinski definition) is 8. The van der Waals surface area contributed by atoms with Crippen molar-refractivity contribution in [1.82, 2.24) is 9.97 Å². The number of aromatic nitrogens is 2. The zero-order chi connectivity index (χ0) is 14.7. The lowest BCUT2D eigenvalue weighted by atomic mass is 10.2. The first-order valence-corrected chi connectivity index (χ1v) is 8.13. The number of nitrogens with zero attached hydrogens (tertiary/aromatic N) is 2. The Balaban J connectivity index is 2.23. The average molecular weight is 314 g/mol. The molecule has 0 saturated heterocycles. The SMILES string of the molecule is Cc1sc2nc(CSCC(O)CO)nc(NN)c2c1C. The van der Waals surface area contributed by atoms with Gasteiger partial charge in [0.2, 0.25) is 0 Å². The summed E-state index contributed by atoms with van der Waals surface area (Å²) in [6.45, 7) is 3.85. The van der Waals surface area contributed by atoms with Gasteiger partial charge in [0.05, 0.1) is 23.8 Å². The number of anilines is 1. The molecule has 0 aliphatic heterocycles. The Hall–Kier alpha value is -0.930. The molecule has 2 aromatic rings. The number of aliphatic hydroxyl groups excluding tert-OH is 2. The predicted molar refractivity (Wildman–Crippen MR) is 84.0 cm³/mol. The Morgan fingerprint density at radius 3 is 2.80 bits per heavy atom. The van der Waals surface area contributed by atoms with Crippen LogP contribution >= 0.6 is 23.1 Å². The number of nitrogens with two attached hydrogens (primary N) is 1. The van der Waals surface area contributed by atoms with Crippen molar-refractivity contribution in [3.05, 3.63) is 16.3 Å². The molecule has 0 fully saturated rings. The Kier molecular flexibility index (Phi) is 5.17. The highest BCUT2D eigenvalue weighted by molar-refractivity contribution is 7.98. The maximum absolute atomic E-state index is 9.31. The minimum absolute atomic E-state index is 0.230. The summed E-state index contributed by atoms with van der Waals surface area (Å²) in [6.07, 6.45) is -0.706. The molecular weight excluding hydrogens is 296 g/mol. The molecule has 0 aliphatic rings. The van der Waals surface area contributed by atoms with Gasteiger partial charge in [-0.15, -0.1) is 11.3 Å². The van der Waals surface area contributed by atoms with Crippen LogP contribution in [0.4, 0.5) is 5.82 Å². The molecular formula is C12H18N4O2S2. The van der Waals surface area contributed by atoms with Crippen LogP contribution in [0.2, 0.25) is 0 Å². The lowest BCUT2D eigenvalue weighted by Gasteiger charge is -2.08. The van der Waals surface area contributed by atoms with Gasteiger partial charge in [-0.3, -0.25) is 0 Å². The molecule has 0 saturated carbocycles. The minimum Gasteiger partial charge on any atom is -0.394 e. The van der Waals surface area contributed by atoms with E-state index in [-0.39, 0.29) is 6.61 Å². The van der Waals surface area contributed by atoms with Crippen molar-refractivity contribution in [2.45, 2.75) is 25.7 Å². The highest BCUT2D eigenvalue weighted by atomic mass is 32.2. The van der Waals surface area contributed by atoms with E-state index < -0.39 is 6.10 Å². The van der Waals surface area contributed by atoms with Gasteiger partial charge in [-0.25, -0.2) is 15.8 Å². The molecule has 20 heavy (non-hydrogen) atoms. The maximum Gasteiger partial charge on any atom is 0.152 e. The summed E-state index contributed by atoms with van der Waals surface area (Å²) in [7, 11) is 0. The first-order valence-electron chi connectivity index (χ1n) is 6.16. The number of hydrazine groups is 1. The van der Waals surface area contributed by atoms with E-state index in [9.17, 15) is 5.11 Å². The lowest BCUT2D eigenvalue weighted by Crippen LogP contribution is -2.15. The van der Waals surface area contributed by atoms with E-state index in [0.29, 0.717) is 23.1 Å². The van der Waals surface area contributed by atoms with Crippen molar-refractivity contribution >= 4 is 39.1 Å². The fourth-order valence-corrected chi connectivity index (χ4v) is 3.66. The third-order valence-electron chi connectivity index (χ3n) is 2.96. The number of thioether (sulfide) groups is 1. The Bertz CT molecular complexity index is 603. The van der Waals surface area contributed by atoms with E-state index in [2.05, 4.69) is 15.4 Å². The third-order valence-corrected chi connectivity index (χ3v) is 5.15. The van der Waals surface area contributed by atoms with Crippen LogP contribution < -0.4 is 11.3 Å². The van der Waals surface area contributed by atoms with Crippen LogP contribution in [0.25, 0.3) is 10.2 Å². The smallest absolute Gasteiger partial charge is 0.152 e. The first kappa shape index (κ1) is 15.5. The number of thiophene rings is 1. The van der Waals surface area contributed by atoms with Crippen molar-refractivity contribution in [1.29, 1.82) is 0 Å². The molecule has 0 spiro atoms. The van der Waals surface area contributed by atoms with Crippen LogP contribution in [0.3, 0.4) is 0 Å². The number of hydrogen-bond donors (Lipinski definition) is 4. The van der Waals surface area contributed by atoms with E-state index in [4.69, 9.17) is 10.9 Å². The highest BCUT2D eigenvalue weighted by Crippen LogP contribution is 2.33. The molecule has 0 amide bonds. The minimum atomic E-state index is -0.706. The van der Waals surface area contributed by atoms with Crippen LogP contribution in [0.15, 0.2) is 0 Å². The van der Waals surface area contributed by atoms with E-state index in [0.717, 1.165) is 15.8 Å². The second kappa shape index (κ2) is 6.68. The topological polar surface area (TPSA) is 104 Å². The van der Waals surface area contributed by atoms with Gasteiger partial charge < -0.3 is 15.6 Å². The normalized spacial score (nSPS) is 12.8. The molecule has 2 rings (SSSR count). The van der Waals surface area contributed by atoms with Crippen LogP contribution in [-0.4, -0.2) is 38.6 Å². The lowest BCUT2D eigenvalue weighted by molar-refractivity contribution is 0.113. The molecule has 1 atom stereocenters. The Morgan fingerprint density at radius 2 is 2.15 bits per heavy atom. The summed E-state index contributed by atoms with van der Waals surface area (Å²) in [4.78, 5) is 11.1. The summed E-state index contributed by atoms with van der Waals surface area (Å²) >= 11 is 3.10. The van der Waals surface area contributed by atoms with Gasteiger partial charge in [0.15, 0.2) is 5.82 Å². The molecule has 5 N–H and O–H groups in total. The van der Waals surface area contributed by atoms with Crippen LogP contribution in [0.5, 0.6) is 0 Å². The number of aryl methyl sites for hydroxylation is 2. The van der Waals surface area contributed by atoms with Gasteiger partial charge in [-0.1, -0.05) is 0 Å². The van der Waals surface area contributed by atoms with E-state index >= 15 is 0 Å². The first-order chi connectivity index (χ1) is 9.56. The molecule has 8 heteroatoms. The van der Waals surface area contributed by atoms with Crippen molar-refractivity contribution in [3.63, 3.8) is 0 Å². The molecule has 0 aromatic carbocycles. The van der Waals surface area contributed by atoms with E-state index in [1.165, 1.54) is 16.6 Å². The van der Waals surface area contributed by atoms with Crippen molar-refractivity contribution in [2.24, 2.45) is 5.84 Å². The fourth-order valence-electron chi connectivity index (χ4n) is 1.80. The Morgan fingerprint density at radius 1 is 1.40 bits per heavy atom. The molecule has 2 aromatic heterocycles. The molecule has 110 valence electrons. The van der Waals surface area contributed by atoms with Crippen LogP contribution in [0, 0.1) is 13.8 Å². The highest BCUT2D eigenvalue weighted by Gasteiger charge is 2.14. The molecule has 2 heterocycles. The molecule has 1 unspecified atom stereocenters. The second-order valence-corrected chi connectivity index (χ2v) is 6.68. The predicted octanol–water partition coefficient (Wildman–Crippen LogP) is 1.18. The zero-order valence-electron chi connectivity index (χ0n) is 11.4. The molecule has 6 nitrogen and oxygen atoms in total. The summed E-state index contributed by atoms with van der Waals surface area (Å²) in [5.41, 5.74) is 3.78. The number of fused-ring (bicyclic) bond motifs is 1. The fraction of sp³-hybridized carbons (Fsp3) is 0.500. The van der Waals surface area contributed by atoms with Gasteiger partial charge in [0, 0.05) is 10.6 Å². The molecule has 0 aliphatic carbocycles. The van der Waals surface area contributed by atoms with Gasteiger partial charge in [0.1, 0.15) is 10.7 Å². The Labute approximate surface area is 125 Å².